The summed E-state index contributed by atoms with van der Waals surface area (Å²) in [4.78, 5) is 1.02. The van der Waals surface area contributed by atoms with Crippen molar-refractivity contribution in [3.8, 4) is 0 Å². The minimum absolute atomic E-state index is 0.211. The van der Waals surface area contributed by atoms with Crippen molar-refractivity contribution >= 4 is 5.69 Å². The number of hydrogen-bond donors (Lipinski definition) is 1. The Labute approximate surface area is 116 Å². The van der Waals surface area contributed by atoms with Crippen LogP contribution in [-0.2, 0) is 6.54 Å². The molecule has 20 heavy (non-hydrogen) atoms. The van der Waals surface area contributed by atoms with Crippen molar-refractivity contribution in [3.05, 3.63) is 29.6 Å². The Balaban J connectivity index is 2.87. The van der Waals surface area contributed by atoms with Crippen molar-refractivity contribution in [1.29, 1.82) is 0 Å². The third-order valence-corrected chi connectivity index (χ3v) is 2.78. The average Bonchev–Trinajstić information content (AvgIpc) is 2.28. The molecule has 1 aromatic rings. The number of benzene rings is 1. The first-order valence-electron chi connectivity index (χ1n) is 6.46. The molecule has 0 fully saturated rings. The number of nitrogens with one attached hydrogen (secondary N) is 1. The Hall–Kier alpha value is -1.30. The standard InChI is InChI=1S/C14H20F4N2/c1-10(2)7-19-8-11-12(15)5-4-6-13(11)20(3)9-14(16,17)18/h4-6,10,19H,7-9H2,1-3H3. The predicted octanol–water partition coefficient (Wildman–Crippen LogP) is 3.57. The van der Waals surface area contributed by atoms with Gasteiger partial charge in [0.05, 0.1) is 0 Å². The Morgan fingerprint density at radius 3 is 2.45 bits per heavy atom. The lowest BCUT2D eigenvalue weighted by Crippen LogP contribution is -2.32. The lowest BCUT2D eigenvalue weighted by atomic mass is 10.1. The second-order valence-corrected chi connectivity index (χ2v) is 5.23. The monoisotopic (exact) mass is 292 g/mol. The molecule has 0 saturated carbocycles. The van der Waals surface area contributed by atoms with E-state index < -0.39 is 18.5 Å². The van der Waals surface area contributed by atoms with E-state index in [2.05, 4.69) is 5.32 Å². The fraction of sp³-hybridized carbons (Fsp3) is 0.571. The van der Waals surface area contributed by atoms with Gasteiger partial charge in [0.25, 0.3) is 0 Å². The number of rotatable bonds is 6. The number of alkyl halides is 3. The van der Waals surface area contributed by atoms with Crippen molar-refractivity contribution in [2.45, 2.75) is 26.6 Å². The van der Waals surface area contributed by atoms with Crippen LogP contribution in [-0.4, -0.2) is 26.3 Å². The molecule has 0 aliphatic carbocycles. The van der Waals surface area contributed by atoms with Crippen molar-refractivity contribution in [2.75, 3.05) is 25.0 Å². The molecular weight excluding hydrogens is 272 g/mol. The SMILES string of the molecule is CC(C)CNCc1c(F)cccc1N(C)CC(F)(F)F. The fourth-order valence-electron chi connectivity index (χ4n) is 1.92. The molecule has 0 aliphatic rings. The molecule has 0 amide bonds. The molecule has 1 N–H and O–H groups in total. The molecule has 0 atom stereocenters. The van der Waals surface area contributed by atoms with Gasteiger partial charge in [-0.2, -0.15) is 13.2 Å². The van der Waals surface area contributed by atoms with Crippen molar-refractivity contribution in [2.24, 2.45) is 5.92 Å². The van der Waals surface area contributed by atoms with Gasteiger partial charge in [0.1, 0.15) is 12.4 Å². The van der Waals surface area contributed by atoms with E-state index in [1.54, 1.807) is 0 Å². The Bertz CT molecular complexity index is 430. The number of halogens is 4. The summed E-state index contributed by atoms with van der Waals surface area (Å²) in [6.45, 7) is 3.79. The first-order valence-corrected chi connectivity index (χ1v) is 6.46. The van der Waals surface area contributed by atoms with Crippen LogP contribution >= 0.6 is 0 Å². The van der Waals surface area contributed by atoms with Crippen LogP contribution in [0.5, 0.6) is 0 Å². The summed E-state index contributed by atoms with van der Waals surface area (Å²) in [5, 5.41) is 3.05. The minimum Gasteiger partial charge on any atom is -0.365 e. The predicted molar refractivity (Wildman–Crippen MR) is 72.3 cm³/mol. The molecule has 1 aromatic carbocycles. The van der Waals surface area contributed by atoms with Crippen LogP contribution in [0.25, 0.3) is 0 Å². The summed E-state index contributed by atoms with van der Waals surface area (Å²) < 4.78 is 51.1. The van der Waals surface area contributed by atoms with Crippen LogP contribution < -0.4 is 10.2 Å². The molecule has 0 aliphatic heterocycles. The fourth-order valence-corrected chi connectivity index (χ4v) is 1.92. The number of hydrogen-bond acceptors (Lipinski definition) is 2. The molecular formula is C14H20F4N2. The van der Waals surface area contributed by atoms with Crippen molar-refractivity contribution in [1.82, 2.24) is 5.32 Å². The van der Waals surface area contributed by atoms with Crippen LogP contribution in [0.3, 0.4) is 0 Å². The van der Waals surface area contributed by atoms with Gasteiger partial charge in [0.15, 0.2) is 0 Å². The van der Waals surface area contributed by atoms with E-state index in [0.717, 1.165) is 4.90 Å². The molecule has 114 valence electrons. The maximum absolute atomic E-state index is 13.8. The highest BCUT2D eigenvalue weighted by molar-refractivity contribution is 5.53. The Morgan fingerprint density at radius 1 is 1.25 bits per heavy atom. The molecule has 0 unspecified atom stereocenters. The van der Waals surface area contributed by atoms with Crippen LogP contribution in [0, 0.1) is 11.7 Å². The topological polar surface area (TPSA) is 15.3 Å². The number of nitrogens with zero attached hydrogens (tertiary/aromatic N) is 1. The molecule has 0 radical (unpaired) electrons. The molecule has 0 saturated heterocycles. The van der Waals surface area contributed by atoms with E-state index in [1.165, 1.54) is 25.2 Å². The van der Waals surface area contributed by atoms with E-state index in [9.17, 15) is 17.6 Å². The first-order chi connectivity index (χ1) is 9.20. The summed E-state index contributed by atoms with van der Waals surface area (Å²) in [6.07, 6.45) is -4.32. The summed E-state index contributed by atoms with van der Waals surface area (Å²) in [7, 11) is 1.31. The molecule has 2 nitrogen and oxygen atoms in total. The van der Waals surface area contributed by atoms with Gasteiger partial charge in [-0.25, -0.2) is 4.39 Å². The van der Waals surface area contributed by atoms with Gasteiger partial charge in [-0.15, -0.1) is 0 Å². The van der Waals surface area contributed by atoms with Gasteiger partial charge in [-0.05, 0) is 24.6 Å². The van der Waals surface area contributed by atoms with E-state index >= 15 is 0 Å². The van der Waals surface area contributed by atoms with E-state index in [1.807, 2.05) is 13.8 Å². The van der Waals surface area contributed by atoms with Crippen LogP contribution in [0.15, 0.2) is 18.2 Å². The third-order valence-electron chi connectivity index (χ3n) is 2.78. The van der Waals surface area contributed by atoms with Gasteiger partial charge in [-0.1, -0.05) is 19.9 Å². The smallest absolute Gasteiger partial charge is 0.365 e. The maximum atomic E-state index is 13.8. The molecule has 0 spiro atoms. The average molecular weight is 292 g/mol. The molecule has 6 heteroatoms. The van der Waals surface area contributed by atoms with E-state index in [-0.39, 0.29) is 17.8 Å². The van der Waals surface area contributed by atoms with Crippen LogP contribution in [0.2, 0.25) is 0 Å². The molecule has 0 aromatic heterocycles. The van der Waals surface area contributed by atoms with E-state index in [4.69, 9.17) is 0 Å². The highest BCUT2D eigenvalue weighted by Gasteiger charge is 2.30. The van der Waals surface area contributed by atoms with E-state index in [0.29, 0.717) is 12.5 Å². The second kappa shape index (κ2) is 6.92. The summed E-state index contributed by atoms with van der Waals surface area (Å²) in [5.41, 5.74) is 0.526. The van der Waals surface area contributed by atoms with Gasteiger partial charge in [0, 0.05) is 24.8 Å². The highest BCUT2D eigenvalue weighted by atomic mass is 19.4. The Morgan fingerprint density at radius 2 is 1.90 bits per heavy atom. The first kappa shape index (κ1) is 16.8. The molecule has 0 heterocycles. The lowest BCUT2D eigenvalue weighted by Gasteiger charge is -2.24. The second-order valence-electron chi connectivity index (χ2n) is 5.23. The quantitative estimate of drug-likeness (QED) is 0.806. The van der Waals surface area contributed by atoms with Crippen molar-refractivity contribution in [3.63, 3.8) is 0 Å². The number of anilines is 1. The van der Waals surface area contributed by atoms with Gasteiger partial charge >= 0.3 is 6.18 Å². The van der Waals surface area contributed by atoms with Crippen LogP contribution in [0.1, 0.15) is 19.4 Å². The summed E-state index contributed by atoms with van der Waals surface area (Å²) >= 11 is 0. The third kappa shape index (κ3) is 5.36. The van der Waals surface area contributed by atoms with Crippen LogP contribution in [0.4, 0.5) is 23.2 Å². The lowest BCUT2D eigenvalue weighted by molar-refractivity contribution is -0.119. The van der Waals surface area contributed by atoms with Crippen molar-refractivity contribution < 1.29 is 17.6 Å². The Kier molecular flexibility index (Phi) is 5.80. The van der Waals surface area contributed by atoms with Gasteiger partial charge < -0.3 is 10.2 Å². The molecule has 0 bridgehead atoms. The normalized spacial score (nSPS) is 12.0. The summed E-state index contributed by atoms with van der Waals surface area (Å²) in [6, 6.07) is 4.18. The van der Waals surface area contributed by atoms with Gasteiger partial charge in [0.2, 0.25) is 0 Å². The van der Waals surface area contributed by atoms with Gasteiger partial charge in [-0.3, -0.25) is 0 Å². The minimum atomic E-state index is -4.32. The largest absolute Gasteiger partial charge is 0.405 e. The zero-order chi connectivity index (χ0) is 15.3. The maximum Gasteiger partial charge on any atom is 0.405 e. The zero-order valence-corrected chi connectivity index (χ0v) is 11.9. The highest BCUT2D eigenvalue weighted by Crippen LogP contribution is 2.25. The zero-order valence-electron chi connectivity index (χ0n) is 11.9. The molecule has 1 rings (SSSR count). The summed E-state index contributed by atoms with van der Waals surface area (Å²) in [5.74, 6) is -0.106.